The Morgan fingerprint density at radius 2 is 1.83 bits per heavy atom. The second-order valence-electron chi connectivity index (χ2n) is 9.67. The number of alkyl halides is 3. The number of benzene rings is 1. The number of ether oxygens (including phenoxy) is 1. The number of hydrogen-bond donors (Lipinski definition) is 2. The van der Waals surface area contributed by atoms with Crippen LogP contribution in [0.25, 0.3) is 0 Å². The van der Waals surface area contributed by atoms with E-state index in [1.807, 2.05) is 19.1 Å². The third kappa shape index (κ3) is 7.16. The van der Waals surface area contributed by atoms with Gasteiger partial charge in [0, 0.05) is 26.2 Å². The van der Waals surface area contributed by atoms with Gasteiger partial charge in [0.25, 0.3) is 0 Å². The number of carbonyl (C=O) groups is 1. The summed E-state index contributed by atoms with van der Waals surface area (Å²) in [5.41, 5.74) is 0.910. The Morgan fingerprint density at radius 3 is 2.40 bits per heavy atom. The molecular weight excluding hydrogens is 489 g/mol. The smallest absolute Gasteiger partial charge is 0.475 e. The maximum atomic E-state index is 13.0. The lowest BCUT2D eigenvalue weighted by Crippen LogP contribution is -2.44. The summed E-state index contributed by atoms with van der Waals surface area (Å²) in [4.78, 5) is 11.6. The summed E-state index contributed by atoms with van der Waals surface area (Å²) in [6.45, 7) is 6.37. The molecule has 3 heterocycles. The first-order valence-electron chi connectivity index (χ1n) is 11.7. The Morgan fingerprint density at radius 1 is 1.20 bits per heavy atom. The SMILES string of the molecule is Cc1ccccc1S(=O)(=O)N1CCC2(CC1)COC(CN1CCCC(O)C1)C2.O=C(O)C(F)(F)F. The van der Waals surface area contributed by atoms with Crippen LogP contribution in [0.5, 0.6) is 0 Å². The lowest BCUT2D eigenvalue weighted by Gasteiger charge is -2.38. The maximum Gasteiger partial charge on any atom is 0.490 e. The summed E-state index contributed by atoms with van der Waals surface area (Å²) in [7, 11) is -3.42. The van der Waals surface area contributed by atoms with E-state index in [0.29, 0.717) is 18.0 Å². The van der Waals surface area contributed by atoms with Gasteiger partial charge in [0.2, 0.25) is 10.0 Å². The molecule has 0 bridgehead atoms. The second kappa shape index (κ2) is 11.1. The monoisotopic (exact) mass is 522 g/mol. The summed E-state index contributed by atoms with van der Waals surface area (Å²) in [6.07, 6.45) is -0.433. The zero-order chi connectivity index (χ0) is 25.9. The molecule has 3 saturated heterocycles. The zero-order valence-electron chi connectivity index (χ0n) is 19.7. The standard InChI is InChI=1S/C21H32N2O4S.C2HF3O2/c1-17-5-2-3-7-20(17)28(25,26)23-11-8-21(9-12-23)13-19(27-16-21)15-22-10-4-6-18(24)14-22;3-2(4,5)1(6)7/h2-3,5,7,18-19,24H,4,6,8-16H2,1H3;(H,6,7). The van der Waals surface area contributed by atoms with Crippen LogP contribution in [-0.2, 0) is 19.6 Å². The van der Waals surface area contributed by atoms with Gasteiger partial charge < -0.3 is 14.9 Å². The van der Waals surface area contributed by atoms with Gasteiger partial charge in [-0.2, -0.15) is 17.5 Å². The van der Waals surface area contributed by atoms with E-state index in [1.54, 1.807) is 16.4 Å². The van der Waals surface area contributed by atoms with E-state index in [2.05, 4.69) is 4.90 Å². The number of hydrogen-bond acceptors (Lipinski definition) is 6. The molecule has 2 unspecified atom stereocenters. The van der Waals surface area contributed by atoms with Crippen LogP contribution in [0.3, 0.4) is 0 Å². The fourth-order valence-electron chi connectivity index (χ4n) is 5.03. The van der Waals surface area contributed by atoms with Crippen LogP contribution < -0.4 is 0 Å². The largest absolute Gasteiger partial charge is 0.490 e. The molecule has 1 aromatic carbocycles. The molecule has 0 aromatic heterocycles. The minimum atomic E-state index is -5.08. The molecule has 4 rings (SSSR count). The maximum absolute atomic E-state index is 13.0. The average Bonchev–Trinajstić information content (AvgIpc) is 3.15. The molecule has 3 fully saturated rings. The van der Waals surface area contributed by atoms with Crippen molar-refractivity contribution in [1.29, 1.82) is 0 Å². The number of carboxylic acid groups (broad SMARTS) is 1. The third-order valence-electron chi connectivity index (χ3n) is 6.97. The summed E-state index contributed by atoms with van der Waals surface area (Å²) in [5, 5.41) is 17.0. The predicted octanol–water partition coefficient (Wildman–Crippen LogP) is 2.64. The highest BCUT2D eigenvalue weighted by Gasteiger charge is 2.45. The van der Waals surface area contributed by atoms with Crippen molar-refractivity contribution in [1.82, 2.24) is 9.21 Å². The third-order valence-corrected chi connectivity index (χ3v) is 9.02. The molecule has 3 aliphatic heterocycles. The van der Waals surface area contributed by atoms with Crippen molar-refractivity contribution in [3.8, 4) is 0 Å². The van der Waals surface area contributed by atoms with Gasteiger partial charge in [-0.15, -0.1) is 0 Å². The van der Waals surface area contributed by atoms with Crippen molar-refractivity contribution in [2.24, 2.45) is 5.41 Å². The summed E-state index contributed by atoms with van der Waals surface area (Å²) in [5.74, 6) is -2.76. The van der Waals surface area contributed by atoms with E-state index in [4.69, 9.17) is 14.6 Å². The van der Waals surface area contributed by atoms with Crippen molar-refractivity contribution < 1.29 is 41.3 Å². The molecule has 8 nitrogen and oxygen atoms in total. The highest BCUT2D eigenvalue weighted by Crippen LogP contribution is 2.43. The predicted molar refractivity (Wildman–Crippen MR) is 121 cm³/mol. The molecule has 1 spiro atoms. The number of halogens is 3. The van der Waals surface area contributed by atoms with Crippen LogP contribution in [0, 0.1) is 12.3 Å². The van der Waals surface area contributed by atoms with Gasteiger partial charge in [0.1, 0.15) is 0 Å². The second-order valence-corrected chi connectivity index (χ2v) is 11.6. The first-order chi connectivity index (χ1) is 16.3. The number of sulfonamides is 1. The minimum absolute atomic E-state index is 0.108. The van der Waals surface area contributed by atoms with Crippen LogP contribution in [0.1, 0.15) is 37.7 Å². The summed E-state index contributed by atoms with van der Waals surface area (Å²) in [6, 6.07) is 7.22. The van der Waals surface area contributed by atoms with E-state index >= 15 is 0 Å². The Labute approximate surface area is 203 Å². The quantitative estimate of drug-likeness (QED) is 0.626. The van der Waals surface area contributed by atoms with Gasteiger partial charge in [-0.05, 0) is 62.6 Å². The van der Waals surface area contributed by atoms with Crippen molar-refractivity contribution in [2.75, 3.05) is 39.3 Å². The molecular formula is C23H33F3N2O6S. The highest BCUT2D eigenvalue weighted by molar-refractivity contribution is 7.89. The van der Waals surface area contributed by atoms with E-state index in [9.17, 15) is 26.7 Å². The molecule has 2 atom stereocenters. The van der Waals surface area contributed by atoms with Gasteiger partial charge in [0.15, 0.2) is 0 Å². The van der Waals surface area contributed by atoms with Crippen LogP contribution >= 0.6 is 0 Å². The molecule has 198 valence electrons. The molecule has 0 radical (unpaired) electrons. The van der Waals surface area contributed by atoms with E-state index < -0.39 is 22.2 Å². The molecule has 0 amide bonds. The number of nitrogens with zero attached hydrogens (tertiary/aromatic N) is 2. The molecule has 12 heteroatoms. The van der Waals surface area contributed by atoms with Crippen LogP contribution in [0.2, 0.25) is 0 Å². The van der Waals surface area contributed by atoms with Gasteiger partial charge >= 0.3 is 12.1 Å². The number of aryl methyl sites for hydroxylation is 1. The van der Waals surface area contributed by atoms with Gasteiger partial charge in [0.05, 0.1) is 23.7 Å². The Hall–Kier alpha value is -1.73. The van der Waals surface area contributed by atoms with Gasteiger partial charge in [-0.3, -0.25) is 4.90 Å². The van der Waals surface area contributed by atoms with E-state index in [1.165, 1.54) is 0 Å². The van der Waals surface area contributed by atoms with Crippen LogP contribution in [0.15, 0.2) is 29.2 Å². The number of piperidine rings is 2. The summed E-state index contributed by atoms with van der Waals surface area (Å²) >= 11 is 0. The number of aliphatic hydroxyl groups excluding tert-OH is 1. The minimum Gasteiger partial charge on any atom is -0.475 e. The van der Waals surface area contributed by atoms with Crippen molar-refractivity contribution >= 4 is 16.0 Å². The number of rotatable bonds is 4. The van der Waals surface area contributed by atoms with Gasteiger partial charge in [-0.1, -0.05) is 18.2 Å². The number of carboxylic acids is 1. The molecule has 1 aromatic rings. The van der Waals surface area contributed by atoms with Gasteiger partial charge in [-0.25, -0.2) is 13.2 Å². The van der Waals surface area contributed by atoms with Crippen LogP contribution in [-0.4, -0.2) is 91.5 Å². The first kappa shape index (κ1) is 27.9. The van der Waals surface area contributed by atoms with Crippen LogP contribution in [0.4, 0.5) is 13.2 Å². The first-order valence-corrected chi connectivity index (χ1v) is 13.1. The Balaban J connectivity index is 0.000000429. The Kier molecular flexibility index (Phi) is 8.85. The highest BCUT2D eigenvalue weighted by atomic mass is 32.2. The lowest BCUT2D eigenvalue weighted by atomic mass is 9.77. The fraction of sp³-hybridized carbons (Fsp3) is 0.696. The fourth-order valence-corrected chi connectivity index (χ4v) is 6.70. The molecule has 2 N–H and O–H groups in total. The van der Waals surface area contributed by atoms with E-state index in [-0.39, 0.29) is 17.6 Å². The molecule has 0 saturated carbocycles. The Bertz CT molecular complexity index is 980. The normalized spacial score (nSPS) is 25.7. The average molecular weight is 523 g/mol. The number of aliphatic hydroxyl groups is 1. The molecule has 35 heavy (non-hydrogen) atoms. The van der Waals surface area contributed by atoms with E-state index in [0.717, 1.165) is 63.9 Å². The molecule has 0 aliphatic carbocycles. The van der Waals surface area contributed by atoms with Crippen molar-refractivity contribution in [3.05, 3.63) is 29.8 Å². The van der Waals surface area contributed by atoms with Crippen molar-refractivity contribution in [3.63, 3.8) is 0 Å². The molecule has 3 aliphatic rings. The van der Waals surface area contributed by atoms with Crippen molar-refractivity contribution in [2.45, 2.75) is 62.3 Å². The number of aliphatic carboxylic acids is 1. The summed E-state index contributed by atoms with van der Waals surface area (Å²) < 4.78 is 65.6. The zero-order valence-corrected chi connectivity index (χ0v) is 20.5. The topological polar surface area (TPSA) is 107 Å². The lowest BCUT2D eigenvalue weighted by molar-refractivity contribution is -0.192. The number of likely N-dealkylation sites (tertiary alicyclic amines) is 1. The number of β-amino-alcohol motifs (C(OH)–C–C–N with tert-alkyl or cyclic N) is 1.